The highest BCUT2D eigenvalue weighted by Crippen LogP contribution is 2.09. The maximum atomic E-state index is 12.6. The summed E-state index contributed by atoms with van der Waals surface area (Å²) in [5.74, 6) is 0. The molecule has 0 heterocycles. The quantitative estimate of drug-likeness (QED) is 0.188. The monoisotopic (exact) mass is 412 g/mol. The van der Waals surface area contributed by atoms with Gasteiger partial charge in [-0.1, -0.05) is 125 Å². The van der Waals surface area contributed by atoms with Gasteiger partial charge in [0.25, 0.3) is 0 Å². The molecule has 0 aromatic heterocycles. The summed E-state index contributed by atoms with van der Waals surface area (Å²) in [5, 5.41) is 3.18. The number of carbonyl (C=O) groups excluding carboxylic acids is 1. The molecule has 0 saturated carbocycles. The lowest BCUT2D eigenvalue weighted by atomic mass is 10.1. The molecule has 0 aliphatic carbocycles. The minimum atomic E-state index is 0. The number of hydrogen-bond donors (Lipinski definition) is 1. The maximum absolute atomic E-state index is 12.6. The maximum Gasteiger partial charge on any atom is 0.317 e. The highest BCUT2D eigenvalue weighted by atomic mass is 16.2. The molecule has 0 unspecified atom stereocenters. The van der Waals surface area contributed by atoms with Gasteiger partial charge in [-0.3, -0.25) is 0 Å². The average molecular weight is 413 g/mol. The number of carbonyl (C=O) groups is 1. The smallest absolute Gasteiger partial charge is 0.317 e. The first-order chi connectivity index (χ1) is 13.8. The summed E-state index contributed by atoms with van der Waals surface area (Å²) in [7, 11) is 0. The first kappa shape index (κ1) is 30.5. The van der Waals surface area contributed by atoms with Crippen LogP contribution < -0.4 is 5.32 Å². The van der Waals surface area contributed by atoms with Crippen LogP contribution in [0.25, 0.3) is 0 Å². The number of rotatable bonds is 21. The van der Waals surface area contributed by atoms with Gasteiger partial charge in [0.15, 0.2) is 0 Å². The Bertz CT molecular complexity index is 304. The van der Waals surface area contributed by atoms with Gasteiger partial charge in [-0.05, 0) is 19.3 Å². The van der Waals surface area contributed by atoms with Gasteiger partial charge < -0.3 is 10.2 Å². The third-order valence-corrected chi connectivity index (χ3v) is 5.66. The Morgan fingerprint density at radius 3 is 1.31 bits per heavy atom. The summed E-state index contributed by atoms with van der Waals surface area (Å²) in [5.41, 5.74) is 0. The van der Waals surface area contributed by atoms with E-state index in [-0.39, 0.29) is 13.5 Å². The zero-order valence-electron chi connectivity index (χ0n) is 19.7. The summed E-state index contributed by atoms with van der Waals surface area (Å²) < 4.78 is 0. The number of nitrogens with one attached hydrogen (secondary N) is 1. The molecule has 0 fully saturated rings. The number of hydrogen-bond acceptors (Lipinski definition) is 1. The predicted molar refractivity (Wildman–Crippen MR) is 132 cm³/mol. The second-order valence-corrected chi connectivity index (χ2v) is 8.52. The van der Waals surface area contributed by atoms with Crippen LogP contribution in [0.1, 0.15) is 144 Å². The van der Waals surface area contributed by atoms with E-state index in [2.05, 4.69) is 31.0 Å². The zero-order chi connectivity index (χ0) is 20.7. The fourth-order valence-electron chi connectivity index (χ4n) is 3.69. The molecule has 0 rings (SSSR count). The summed E-state index contributed by atoms with van der Waals surface area (Å²) >= 11 is 0. The van der Waals surface area contributed by atoms with Gasteiger partial charge in [0.1, 0.15) is 0 Å². The van der Waals surface area contributed by atoms with Crippen molar-refractivity contribution in [2.24, 2.45) is 0 Å². The molecule has 0 saturated heterocycles. The van der Waals surface area contributed by atoms with Crippen LogP contribution in [0.2, 0.25) is 0 Å². The Kier molecular flexibility index (Phi) is 26.6. The van der Waals surface area contributed by atoms with E-state index < -0.39 is 0 Å². The Morgan fingerprint density at radius 2 is 0.897 bits per heavy atom. The molecule has 0 aliphatic heterocycles. The van der Waals surface area contributed by atoms with E-state index in [9.17, 15) is 4.79 Å². The fourth-order valence-corrected chi connectivity index (χ4v) is 3.69. The van der Waals surface area contributed by atoms with Gasteiger partial charge in [0.2, 0.25) is 0 Å². The molecule has 29 heavy (non-hydrogen) atoms. The third-order valence-electron chi connectivity index (χ3n) is 5.66. The molecule has 0 radical (unpaired) electrons. The van der Waals surface area contributed by atoms with Crippen LogP contribution in [0.3, 0.4) is 0 Å². The van der Waals surface area contributed by atoms with Crippen LogP contribution in [0.4, 0.5) is 4.79 Å². The standard InChI is InChI=1S/C25H52N2O.CH4/c1-4-7-10-13-16-19-22-26-25(28)27(23-20-17-14-11-8-5-2)24-21-18-15-12-9-6-3;/h4-24H2,1-3H3,(H,26,28);1H4. The lowest BCUT2D eigenvalue weighted by Crippen LogP contribution is -2.41. The van der Waals surface area contributed by atoms with E-state index in [1.807, 2.05) is 0 Å². The predicted octanol–water partition coefficient (Wildman–Crippen LogP) is 8.72. The van der Waals surface area contributed by atoms with E-state index >= 15 is 0 Å². The molecule has 2 amide bonds. The Morgan fingerprint density at radius 1 is 0.552 bits per heavy atom. The molecule has 1 N–H and O–H groups in total. The van der Waals surface area contributed by atoms with Crippen molar-refractivity contribution in [2.45, 2.75) is 144 Å². The molecular weight excluding hydrogens is 356 g/mol. The van der Waals surface area contributed by atoms with Gasteiger partial charge in [-0.2, -0.15) is 0 Å². The van der Waals surface area contributed by atoms with Crippen molar-refractivity contribution < 1.29 is 4.79 Å². The van der Waals surface area contributed by atoms with Crippen molar-refractivity contribution in [3.05, 3.63) is 0 Å². The first-order valence-corrected chi connectivity index (χ1v) is 12.8. The minimum absolute atomic E-state index is 0. The Labute approximate surface area is 184 Å². The van der Waals surface area contributed by atoms with Crippen LogP contribution in [0.5, 0.6) is 0 Å². The topological polar surface area (TPSA) is 32.3 Å². The van der Waals surface area contributed by atoms with Crippen molar-refractivity contribution in [3.63, 3.8) is 0 Å². The summed E-state index contributed by atoms with van der Waals surface area (Å²) in [6, 6.07) is 0.177. The van der Waals surface area contributed by atoms with Gasteiger partial charge in [0.05, 0.1) is 0 Å². The molecule has 0 bridgehead atoms. The van der Waals surface area contributed by atoms with Crippen LogP contribution >= 0.6 is 0 Å². The van der Waals surface area contributed by atoms with Crippen molar-refractivity contribution in [3.8, 4) is 0 Å². The first-order valence-electron chi connectivity index (χ1n) is 12.8. The lowest BCUT2D eigenvalue weighted by Gasteiger charge is -2.23. The van der Waals surface area contributed by atoms with Gasteiger partial charge in [0, 0.05) is 19.6 Å². The molecular formula is C26H56N2O. The van der Waals surface area contributed by atoms with Gasteiger partial charge in [-0.15, -0.1) is 0 Å². The highest BCUT2D eigenvalue weighted by molar-refractivity contribution is 5.74. The molecule has 0 aromatic carbocycles. The minimum Gasteiger partial charge on any atom is -0.338 e. The van der Waals surface area contributed by atoms with E-state index in [1.165, 1.54) is 96.3 Å². The zero-order valence-corrected chi connectivity index (χ0v) is 19.7. The number of urea groups is 1. The number of unbranched alkanes of at least 4 members (excludes halogenated alkanes) is 15. The Balaban J connectivity index is 0. The molecule has 176 valence electrons. The van der Waals surface area contributed by atoms with E-state index in [0.29, 0.717) is 0 Å². The van der Waals surface area contributed by atoms with Gasteiger partial charge in [-0.25, -0.2) is 4.79 Å². The van der Waals surface area contributed by atoms with Crippen molar-refractivity contribution in [1.29, 1.82) is 0 Å². The molecule has 0 atom stereocenters. The summed E-state index contributed by atoms with van der Waals surface area (Å²) in [6.07, 6.45) is 23.1. The second-order valence-electron chi connectivity index (χ2n) is 8.52. The van der Waals surface area contributed by atoms with Crippen molar-refractivity contribution >= 4 is 6.03 Å². The number of amides is 2. The van der Waals surface area contributed by atoms with Crippen LogP contribution in [-0.4, -0.2) is 30.6 Å². The Hall–Kier alpha value is -0.730. The van der Waals surface area contributed by atoms with Crippen LogP contribution in [0.15, 0.2) is 0 Å². The third kappa shape index (κ3) is 21.8. The van der Waals surface area contributed by atoms with Crippen LogP contribution in [0, 0.1) is 0 Å². The highest BCUT2D eigenvalue weighted by Gasteiger charge is 2.12. The molecule has 0 spiro atoms. The molecule has 3 heteroatoms. The lowest BCUT2D eigenvalue weighted by molar-refractivity contribution is 0.195. The molecule has 0 aliphatic rings. The number of nitrogens with zero attached hydrogens (tertiary/aromatic N) is 1. The summed E-state index contributed by atoms with van der Waals surface area (Å²) in [6.45, 7) is 9.48. The van der Waals surface area contributed by atoms with E-state index in [4.69, 9.17) is 0 Å². The van der Waals surface area contributed by atoms with E-state index in [0.717, 1.165) is 38.9 Å². The molecule has 3 nitrogen and oxygen atoms in total. The largest absolute Gasteiger partial charge is 0.338 e. The molecule has 0 aromatic rings. The van der Waals surface area contributed by atoms with Crippen molar-refractivity contribution in [2.75, 3.05) is 19.6 Å². The second kappa shape index (κ2) is 25.3. The van der Waals surface area contributed by atoms with Gasteiger partial charge >= 0.3 is 6.03 Å². The fraction of sp³-hybridized carbons (Fsp3) is 0.962. The summed E-state index contributed by atoms with van der Waals surface area (Å²) in [4.78, 5) is 14.7. The normalized spacial score (nSPS) is 10.6. The van der Waals surface area contributed by atoms with Crippen molar-refractivity contribution in [1.82, 2.24) is 10.2 Å². The van der Waals surface area contributed by atoms with Crippen LogP contribution in [-0.2, 0) is 0 Å². The SMILES string of the molecule is C.CCCCCCCCNC(=O)N(CCCCCCCC)CCCCCCCC. The average Bonchev–Trinajstić information content (AvgIpc) is 2.70. The van der Waals surface area contributed by atoms with E-state index in [1.54, 1.807) is 0 Å².